The maximum Gasteiger partial charge on any atom is 0.255 e. The Morgan fingerprint density at radius 2 is 1.96 bits per heavy atom. The summed E-state index contributed by atoms with van der Waals surface area (Å²) in [4.78, 5) is 12.6. The fourth-order valence-electron chi connectivity index (χ4n) is 3.51. The first-order chi connectivity index (χ1) is 13.1. The summed E-state index contributed by atoms with van der Waals surface area (Å²) in [6.45, 7) is 1.55. The summed E-state index contributed by atoms with van der Waals surface area (Å²) in [5, 5.41) is 3.64. The first-order valence-corrected chi connectivity index (χ1v) is 9.04. The molecule has 2 heterocycles. The molecule has 6 heteroatoms. The van der Waals surface area contributed by atoms with Gasteiger partial charge in [0.15, 0.2) is 0 Å². The second-order valence-corrected chi connectivity index (χ2v) is 6.89. The van der Waals surface area contributed by atoms with Crippen molar-refractivity contribution in [2.24, 2.45) is 0 Å². The number of nitrogens with one attached hydrogen (secondary N) is 1. The van der Waals surface area contributed by atoms with Gasteiger partial charge >= 0.3 is 0 Å². The van der Waals surface area contributed by atoms with Crippen molar-refractivity contribution in [2.45, 2.75) is 13.0 Å². The van der Waals surface area contributed by atoms with Crippen LogP contribution < -0.4 is 15.6 Å². The van der Waals surface area contributed by atoms with E-state index in [1.165, 1.54) is 12.1 Å². The first kappa shape index (κ1) is 17.8. The van der Waals surface area contributed by atoms with Crippen molar-refractivity contribution in [3.05, 3.63) is 81.0 Å². The Morgan fingerprint density at radius 1 is 1.11 bits per heavy atom. The van der Waals surface area contributed by atoms with Gasteiger partial charge in [-0.1, -0.05) is 23.7 Å². The number of aromatic nitrogens is 1. The molecule has 138 valence electrons. The Bertz CT molecular complexity index is 1060. The van der Waals surface area contributed by atoms with Gasteiger partial charge in [-0.15, -0.1) is 0 Å². The zero-order chi connectivity index (χ0) is 19.0. The van der Waals surface area contributed by atoms with Crippen LogP contribution in [-0.2, 0) is 13.0 Å². The van der Waals surface area contributed by atoms with E-state index >= 15 is 0 Å². The summed E-state index contributed by atoms with van der Waals surface area (Å²) in [5.41, 5.74) is 4.07. The van der Waals surface area contributed by atoms with Crippen molar-refractivity contribution >= 4 is 11.6 Å². The van der Waals surface area contributed by atoms with Crippen molar-refractivity contribution in [1.29, 1.82) is 0 Å². The van der Waals surface area contributed by atoms with Crippen LogP contribution in [0.5, 0.6) is 5.75 Å². The highest BCUT2D eigenvalue weighted by Gasteiger charge is 2.18. The minimum absolute atomic E-state index is 0.101. The maximum absolute atomic E-state index is 13.7. The Kier molecular flexibility index (Phi) is 4.72. The lowest BCUT2D eigenvalue weighted by Crippen LogP contribution is -2.31. The standard InChI is InChI=1S/C21H18ClFN2O2/c1-27-20-10-13(15-8-16(22)11-17(23)9-15)2-4-19(20)25-18-6-7-24-12-14(18)3-5-21(25)26/h2-5,8-11,24H,6-7,12H2,1H3. The van der Waals surface area contributed by atoms with Crippen LogP contribution >= 0.6 is 11.6 Å². The van der Waals surface area contributed by atoms with Gasteiger partial charge in [0.2, 0.25) is 0 Å². The number of pyridine rings is 1. The molecule has 0 spiro atoms. The number of nitrogens with zero attached hydrogens (tertiary/aromatic N) is 1. The molecule has 27 heavy (non-hydrogen) atoms. The summed E-state index contributed by atoms with van der Waals surface area (Å²) < 4.78 is 21.0. The molecule has 0 radical (unpaired) electrons. The Labute approximate surface area is 161 Å². The van der Waals surface area contributed by atoms with Gasteiger partial charge in [-0.05, 0) is 47.0 Å². The molecule has 4 nitrogen and oxygen atoms in total. The van der Waals surface area contributed by atoms with E-state index in [1.54, 1.807) is 29.9 Å². The molecule has 0 saturated heterocycles. The van der Waals surface area contributed by atoms with Gasteiger partial charge < -0.3 is 10.1 Å². The van der Waals surface area contributed by atoms with Crippen molar-refractivity contribution in [3.8, 4) is 22.6 Å². The Hall–Kier alpha value is -2.63. The number of hydrogen-bond acceptors (Lipinski definition) is 3. The summed E-state index contributed by atoms with van der Waals surface area (Å²) in [5.74, 6) is 0.142. The van der Waals surface area contributed by atoms with E-state index in [0.29, 0.717) is 22.0 Å². The van der Waals surface area contributed by atoms with Crippen LogP contribution in [0.4, 0.5) is 4.39 Å². The monoisotopic (exact) mass is 384 g/mol. The number of benzene rings is 2. The van der Waals surface area contributed by atoms with Gasteiger partial charge in [0, 0.05) is 36.3 Å². The van der Waals surface area contributed by atoms with Crippen LogP contribution in [0, 0.1) is 5.82 Å². The van der Waals surface area contributed by atoms with Crippen molar-refractivity contribution in [2.75, 3.05) is 13.7 Å². The van der Waals surface area contributed by atoms with E-state index < -0.39 is 5.82 Å². The number of hydrogen-bond donors (Lipinski definition) is 1. The quantitative estimate of drug-likeness (QED) is 0.743. The fourth-order valence-corrected chi connectivity index (χ4v) is 3.73. The number of halogens is 2. The van der Waals surface area contributed by atoms with Crippen LogP contribution in [0.2, 0.25) is 5.02 Å². The highest BCUT2D eigenvalue weighted by Crippen LogP contribution is 2.32. The predicted molar refractivity (Wildman–Crippen MR) is 104 cm³/mol. The molecule has 0 saturated carbocycles. The smallest absolute Gasteiger partial charge is 0.255 e. The molecule has 1 aliphatic heterocycles. The summed E-state index contributed by atoms with van der Waals surface area (Å²) in [6, 6.07) is 13.3. The average Bonchev–Trinajstić information content (AvgIpc) is 2.67. The van der Waals surface area contributed by atoms with Crippen LogP contribution in [0.25, 0.3) is 16.8 Å². The lowest BCUT2D eigenvalue weighted by atomic mass is 10.0. The molecule has 0 amide bonds. The van der Waals surface area contributed by atoms with E-state index in [9.17, 15) is 9.18 Å². The molecule has 1 N–H and O–H groups in total. The first-order valence-electron chi connectivity index (χ1n) is 8.66. The lowest BCUT2D eigenvalue weighted by Gasteiger charge is -2.23. The molecular weight excluding hydrogens is 367 g/mol. The van der Waals surface area contributed by atoms with Crippen LogP contribution in [-0.4, -0.2) is 18.2 Å². The lowest BCUT2D eigenvalue weighted by molar-refractivity contribution is 0.412. The highest BCUT2D eigenvalue weighted by atomic mass is 35.5. The fraction of sp³-hybridized carbons (Fsp3) is 0.190. The van der Waals surface area contributed by atoms with Crippen LogP contribution in [0.15, 0.2) is 53.3 Å². The number of rotatable bonds is 3. The predicted octanol–water partition coefficient (Wildman–Crippen LogP) is 3.95. The largest absolute Gasteiger partial charge is 0.495 e. The third-order valence-electron chi connectivity index (χ3n) is 4.76. The van der Waals surface area contributed by atoms with Gasteiger partial charge in [0.1, 0.15) is 11.6 Å². The molecule has 1 aliphatic rings. The Balaban J connectivity index is 1.88. The normalized spacial score (nSPS) is 13.3. The third-order valence-corrected chi connectivity index (χ3v) is 4.98. The van der Waals surface area contributed by atoms with Gasteiger partial charge in [-0.3, -0.25) is 9.36 Å². The van der Waals surface area contributed by atoms with Crippen LogP contribution in [0.1, 0.15) is 11.3 Å². The topological polar surface area (TPSA) is 43.3 Å². The van der Waals surface area contributed by atoms with Crippen molar-refractivity contribution < 1.29 is 9.13 Å². The van der Waals surface area contributed by atoms with E-state index in [-0.39, 0.29) is 5.56 Å². The van der Waals surface area contributed by atoms with Crippen LogP contribution in [0.3, 0.4) is 0 Å². The van der Waals surface area contributed by atoms with Gasteiger partial charge in [-0.25, -0.2) is 4.39 Å². The SMILES string of the molecule is COc1cc(-c2cc(F)cc(Cl)c2)ccc1-n1c2c(ccc1=O)CNCC2. The summed E-state index contributed by atoms with van der Waals surface area (Å²) >= 11 is 5.98. The number of methoxy groups -OCH3 is 1. The molecule has 1 aromatic heterocycles. The van der Waals surface area contributed by atoms with E-state index in [2.05, 4.69) is 5.32 Å². The minimum Gasteiger partial charge on any atom is -0.495 e. The third kappa shape index (κ3) is 3.36. The van der Waals surface area contributed by atoms with E-state index in [4.69, 9.17) is 16.3 Å². The second-order valence-electron chi connectivity index (χ2n) is 6.45. The molecule has 0 bridgehead atoms. The zero-order valence-electron chi connectivity index (χ0n) is 14.8. The van der Waals surface area contributed by atoms with Crippen molar-refractivity contribution in [3.63, 3.8) is 0 Å². The highest BCUT2D eigenvalue weighted by molar-refractivity contribution is 6.30. The minimum atomic E-state index is -0.401. The molecule has 3 aromatic rings. The van der Waals surface area contributed by atoms with Gasteiger partial charge in [0.25, 0.3) is 5.56 Å². The summed E-state index contributed by atoms with van der Waals surface area (Å²) in [7, 11) is 1.56. The van der Waals surface area contributed by atoms with Gasteiger partial charge in [0.05, 0.1) is 12.8 Å². The molecule has 4 rings (SSSR count). The molecule has 0 unspecified atom stereocenters. The van der Waals surface area contributed by atoms with Gasteiger partial charge in [-0.2, -0.15) is 0 Å². The Morgan fingerprint density at radius 3 is 2.74 bits per heavy atom. The average molecular weight is 385 g/mol. The molecule has 0 aliphatic carbocycles. The van der Waals surface area contributed by atoms with E-state index in [1.807, 2.05) is 18.2 Å². The second kappa shape index (κ2) is 7.18. The number of fused-ring (bicyclic) bond motifs is 1. The van der Waals surface area contributed by atoms with Crippen molar-refractivity contribution in [1.82, 2.24) is 9.88 Å². The summed E-state index contributed by atoms with van der Waals surface area (Å²) in [6.07, 6.45) is 0.760. The van der Waals surface area contributed by atoms with E-state index in [0.717, 1.165) is 36.3 Å². The molecule has 2 aromatic carbocycles. The molecule has 0 fully saturated rings. The molecular formula is C21H18ClFN2O2. The molecule has 0 atom stereocenters. The zero-order valence-corrected chi connectivity index (χ0v) is 15.5. The maximum atomic E-state index is 13.7. The number of ether oxygens (including phenoxy) is 1.